The fraction of sp³-hybridized carbons (Fsp3) is 0.381. The first-order chi connectivity index (χ1) is 13.7. The highest BCUT2D eigenvalue weighted by Gasteiger charge is 2.20. The molecule has 0 aliphatic carbocycles. The van der Waals surface area contributed by atoms with E-state index in [9.17, 15) is 0 Å². The largest absolute Gasteiger partial charge is 0.494 e. The van der Waals surface area contributed by atoms with Crippen molar-refractivity contribution in [2.45, 2.75) is 19.9 Å². The Balaban J connectivity index is 1.78. The smallest absolute Gasteiger partial charge is 0.156 e. The van der Waals surface area contributed by atoms with Gasteiger partial charge >= 0.3 is 0 Å². The number of nitrogens with one attached hydrogen (secondary N) is 1. The summed E-state index contributed by atoms with van der Waals surface area (Å²) in [6.45, 7) is 7.54. The van der Waals surface area contributed by atoms with Crippen LogP contribution in [0.2, 0.25) is 10.0 Å². The molecule has 0 radical (unpaired) electrons. The van der Waals surface area contributed by atoms with Gasteiger partial charge in [0, 0.05) is 31.4 Å². The molecule has 1 aromatic carbocycles. The van der Waals surface area contributed by atoms with Gasteiger partial charge in [-0.05, 0) is 56.8 Å². The maximum absolute atomic E-state index is 6.46. The fourth-order valence-corrected chi connectivity index (χ4v) is 4.16. The third-order valence-electron chi connectivity index (χ3n) is 4.99. The highest BCUT2D eigenvalue weighted by molar-refractivity contribution is 6.36. The zero-order valence-electron chi connectivity index (χ0n) is 15.9. The summed E-state index contributed by atoms with van der Waals surface area (Å²) in [5.41, 5.74) is 3.81. The third kappa shape index (κ3) is 4.13. The summed E-state index contributed by atoms with van der Waals surface area (Å²) in [7, 11) is 0. The maximum Gasteiger partial charge on any atom is 0.156 e. The van der Waals surface area contributed by atoms with E-state index in [0.717, 1.165) is 67.5 Å². The van der Waals surface area contributed by atoms with Gasteiger partial charge in [0.2, 0.25) is 0 Å². The van der Waals surface area contributed by atoms with Crippen LogP contribution in [0, 0.1) is 0 Å². The summed E-state index contributed by atoms with van der Waals surface area (Å²) < 4.78 is 7.61. The quantitative estimate of drug-likeness (QED) is 0.661. The van der Waals surface area contributed by atoms with Crippen molar-refractivity contribution >= 4 is 28.8 Å². The number of benzene rings is 1. The Hall–Kier alpha value is -1.79. The highest BCUT2D eigenvalue weighted by atomic mass is 35.5. The number of hydrogen-bond donors (Lipinski definition) is 1. The molecule has 7 heteroatoms. The molecule has 1 saturated heterocycles. The van der Waals surface area contributed by atoms with Crippen LogP contribution >= 0.6 is 23.2 Å². The van der Waals surface area contributed by atoms with Gasteiger partial charge in [-0.25, -0.2) is 4.98 Å². The van der Waals surface area contributed by atoms with Crippen LogP contribution in [-0.4, -0.2) is 47.1 Å². The summed E-state index contributed by atoms with van der Waals surface area (Å²) in [5.74, 6) is 0.858. The maximum atomic E-state index is 6.46. The Labute approximate surface area is 175 Å². The average Bonchev–Trinajstić information content (AvgIpc) is 2.86. The van der Waals surface area contributed by atoms with Gasteiger partial charge in [0.15, 0.2) is 5.65 Å². The van der Waals surface area contributed by atoms with Crippen molar-refractivity contribution in [3.63, 3.8) is 0 Å². The monoisotopic (exact) mass is 418 g/mol. The number of aromatic nitrogens is 2. The molecule has 1 aliphatic rings. The number of halogens is 2. The molecule has 148 valence electrons. The molecule has 0 spiro atoms. The number of fused-ring (bicyclic) bond motifs is 1. The van der Waals surface area contributed by atoms with Crippen LogP contribution in [-0.2, 0) is 6.54 Å². The van der Waals surface area contributed by atoms with Crippen LogP contribution in [0.1, 0.15) is 19.0 Å². The summed E-state index contributed by atoms with van der Waals surface area (Å²) in [6.07, 6.45) is 3.04. The van der Waals surface area contributed by atoms with Gasteiger partial charge in [-0.15, -0.1) is 0 Å². The lowest BCUT2D eigenvalue weighted by Gasteiger charge is -2.20. The summed E-state index contributed by atoms with van der Waals surface area (Å²) >= 11 is 12.8. The number of imidazole rings is 1. The molecule has 28 heavy (non-hydrogen) atoms. The number of hydrogen-bond acceptors (Lipinski definition) is 4. The average molecular weight is 419 g/mol. The second kappa shape index (κ2) is 8.70. The minimum atomic E-state index is 0.559. The van der Waals surface area contributed by atoms with Gasteiger partial charge in [-0.2, -0.15) is 0 Å². The summed E-state index contributed by atoms with van der Waals surface area (Å²) in [6, 6.07) is 9.81. The standard InChI is InChI=1S/C21H24Cl2N4O/c1-2-28-17-6-4-15(5-7-17)20-19(14-26-10-3-8-24-9-11-26)27-13-16(22)12-18(23)21(27)25-20/h4-7,12-13,24H,2-3,8-11,14H2,1H3. The molecule has 1 N–H and O–H groups in total. The van der Waals surface area contributed by atoms with E-state index in [-0.39, 0.29) is 0 Å². The molecular weight excluding hydrogens is 395 g/mol. The van der Waals surface area contributed by atoms with Crippen molar-refractivity contribution in [1.82, 2.24) is 19.6 Å². The lowest BCUT2D eigenvalue weighted by molar-refractivity contribution is 0.281. The van der Waals surface area contributed by atoms with E-state index in [4.69, 9.17) is 32.9 Å². The van der Waals surface area contributed by atoms with Crippen molar-refractivity contribution in [1.29, 1.82) is 0 Å². The Morgan fingerprint density at radius 2 is 1.96 bits per heavy atom. The number of rotatable bonds is 5. The van der Waals surface area contributed by atoms with E-state index in [1.54, 1.807) is 6.07 Å². The fourth-order valence-electron chi connectivity index (χ4n) is 3.65. The van der Waals surface area contributed by atoms with Crippen LogP contribution in [0.25, 0.3) is 16.9 Å². The van der Waals surface area contributed by atoms with E-state index in [1.165, 1.54) is 0 Å². The predicted octanol–water partition coefficient (Wildman–Crippen LogP) is 4.50. The van der Waals surface area contributed by atoms with Crippen molar-refractivity contribution in [2.75, 3.05) is 32.8 Å². The second-order valence-corrected chi connectivity index (χ2v) is 7.79. The Morgan fingerprint density at radius 3 is 2.75 bits per heavy atom. The van der Waals surface area contributed by atoms with Gasteiger partial charge in [0.1, 0.15) is 5.75 Å². The first-order valence-corrected chi connectivity index (χ1v) is 10.4. The predicted molar refractivity (Wildman–Crippen MR) is 115 cm³/mol. The first-order valence-electron chi connectivity index (χ1n) is 9.68. The Kier molecular flexibility index (Phi) is 6.07. The van der Waals surface area contributed by atoms with Crippen LogP contribution in [0.15, 0.2) is 36.5 Å². The molecule has 0 atom stereocenters. The zero-order chi connectivity index (χ0) is 19.5. The second-order valence-electron chi connectivity index (χ2n) is 6.94. The molecule has 0 bridgehead atoms. The molecular formula is C21H24Cl2N4O. The van der Waals surface area contributed by atoms with Crippen molar-refractivity contribution < 1.29 is 4.74 Å². The number of pyridine rings is 1. The summed E-state index contributed by atoms with van der Waals surface area (Å²) in [5, 5.41) is 4.62. The van der Waals surface area contributed by atoms with Gasteiger partial charge in [0.05, 0.1) is 28.0 Å². The molecule has 3 aromatic rings. The molecule has 0 saturated carbocycles. The van der Waals surface area contributed by atoms with Gasteiger partial charge in [-0.3, -0.25) is 9.30 Å². The van der Waals surface area contributed by atoms with Crippen LogP contribution in [0.4, 0.5) is 0 Å². The van der Waals surface area contributed by atoms with Crippen molar-refractivity contribution in [2.24, 2.45) is 0 Å². The molecule has 3 heterocycles. The van der Waals surface area contributed by atoms with Crippen molar-refractivity contribution in [3.8, 4) is 17.0 Å². The van der Waals surface area contributed by atoms with E-state index in [2.05, 4.69) is 22.3 Å². The Bertz CT molecular complexity index is 947. The lowest BCUT2D eigenvalue weighted by Crippen LogP contribution is -2.28. The minimum absolute atomic E-state index is 0.559. The summed E-state index contributed by atoms with van der Waals surface area (Å²) in [4.78, 5) is 7.33. The lowest BCUT2D eigenvalue weighted by atomic mass is 10.1. The molecule has 1 fully saturated rings. The van der Waals surface area contributed by atoms with Gasteiger partial charge < -0.3 is 10.1 Å². The molecule has 4 rings (SSSR count). The van der Waals surface area contributed by atoms with Gasteiger partial charge in [-0.1, -0.05) is 23.2 Å². The zero-order valence-corrected chi connectivity index (χ0v) is 17.4. The molecule has 0 unspecified atom stereocenters. The minimum Gasteiger partial charge on any atom is -0.494 e. The number of nitrogens with zero attached hydrogens (tertiary/aromatic N) is 3. The molecule has 1 aliphatic heterocycles. The SMILES string of the molecule is CCOc1ccc(-c2nc3c(Cl)cc(Cl)cn3c2CN2CCCNCC2)cc1. The van der Waals surface area contributed by atoms with Crippen LogP contribution in [0.5, 0.6) is 5.75 Å². The van der Waals surface area contributed by atoms with E-state index in [0.29, 0.717) is 16.7 Å². The highest BCUT2D eigenvalue weighted by Crippen LogP contribution is 2.31. The first kappa shape index (κ1) is 19.5. The molecule has 5 nitrogen and oxygen atoms in total. The molecule has 0 amide bonds. The van der Waals surface area contributed by atoms with Gasteiger partial charge in [0.25, 0.3) is 0 Å². The topological polar surface area (TPSA) is 41.8 Å². The number of ether oxygens (including phenoxy) is 1. The Morgan fingerprint density at radius 1 is 1.14 bits per heavy atom. The normalized spacial score (nSPS) is 15.7. The molecule has 2 aromatic heterocycles. The van der Waals surface area contributed by atoms with E-state index >= 15 is 0 Å². The van der Waals surface area contributed by atoms with Crippen molar-refractivity contribution in [3.05, 3.63) is 52.3 Å². The van der Waals surface area contributed by atoms with Crippen LogP contribution in [0.3, 0.4) is 0 Å². The van der Waals surface area contributed by atoms with E-state index in [1.807, 2.05) is 29.7 Å². The third-order valence-corrected chi connectivity index (χ3v) is 5.47. The van der Waals surface area contributed by atoms with Crippen LogP contribution < -0.4 is 10.1 Å². The van der Waals surface area contributed by atoms with E-state index < -0.39 is 0 Å².